The summed E-state index contributed by atoms with van der Waals surface area (Å²) in [6, 6.07) is 13.2. The van der Waals surface area contributed by atoms with Gasteiger partial charge in [0, 0.05) is 8.59 Å². The van der Waals surface area contributed by atoms with Gasteiger partial charge in [0.1, 0.15) is 12.4 Å². The van der Waals surface area contributed by atoms with Crippen molar-refractivity contribution in [2.24, 2.45) is 5.92 Å². The molecule has 1 aliphatic heterocycles. The van der Waals surface area contributed by atoms with E-state index in [1.165, 1.54) is 0 Å². The molecule has 5 heteroatoms. The third-order valence-electron chi connectivity index (χ3n) is 3.43. The maximum Gasteiger partial charge on any atom is 0.231 e. The molecule has 2 aromatic carbocycles. The lowest BCUT2D eigenvalue weighted by Gasteiger charge is -2.25. The number of carbonyl (C=O) groups excluding carboxylic acids is 1. The SMILES string of the molecule is O=C(Nc1ccccc1I)C1COc2ccc(Cl)cc2C1. The largest absolute Gasteiger partial charge is 0.492 e. The summed E-state index contributed by atoms with van der Waals surface area (Å²) in [5.41, 5.74) is 1.82. The average Bonchev–Trinajstić information content (AvgIpc) is 2.48. The van der Waals surface area contributed by atoms with E-state index in [4.69, 9.17) is 16.3 Å². The van der Waals surface area contributed by atoms with Gasteiger partial charge in [-0.25, -0.2) is 0 Å². The van der Waals surface area contributed by atoms with Crippen molar-refractivity contribution in [1.82, 2.24) is 0 Å². The molecule has 0 saturated heterocycles. The van der Waals surface area contributed by atoms with E-state index < -0.39 is 0 Å². The second-order valence-electron chi connectivity index (χ2n) is 4.93. The van der Waals surface area contributed by atoms with Crippen LogP contribution in [-0.4, -0.2) is 12.5 Å². The molecule has 21 heavy (non-hydrogen) atoms. The lowest BCUT2D eigenvalue weighted by molar-refractivity contribution is -0.121. The standard InChI is InChI=1S/C16H13ClINO2/c17-12-5-6-15-10(8-12)7-11(9-21-15)16(20)19-14-4-2-1-3-13(14)18/h1-6,8,11H,7,9H2,(H,19,20). The van der Waals surface area contributed by atoms with Crippen LogP contribution in [0.5, 0.6) is 5.75 Å². The number of carbonyl (C=O) groups is 1. The van der Waals surface area contributed by atoms with E-state index in [1.807, 2.05) is 36.4 Å². The second-order valence-corrected chi connectivity index (χ2v) is 6.53. The summed E-state index contributed by atoms with van der Waals surface area (Å²) >= 11 is 8.20. The maximum absolute atomic E-state index is 12.4. The van der Waals surface area contributed by atoms with Crippen LogP contribution in [0.3, 0.4) is 0 Å². The van der Waals surface area contributed by atoms with Crippen molar-refractivity contribution in [3.63, 3.8) is 0 Å². The Morgan fingerprint density at radius 3 is 2.90 bits per heavy atom. The quantitative estimate of drug-likeness (QED) is 0.752. The number of para-hydroxylation sites is 1. The van der Waals surface area contributed by atoms with Crippen LogP contribution in [0.15, 0.2) is 42.5 Å². The fourth-order valence-electron chi connectivity index (χ4n) is 2.33. The number of nitrogens with one attached hydrogen (secondary N) is 1. The van der Waals surface area contributed by atoms with Crippen molar-refractivity contribution in [2.75, 3.05) is 11.9 Å². The Hall–Kier alpha value is -1.27. The zero-order valence-electron chi connectivity index (χ0n) is 11.1. The van der Waals surface area contributed by atoms with E-state index in [-0.39, 0.29) is 11.8 Å². The van der Waals surface area contributed by atoms with Gasteiger partial charge in [-0.3, -0.25) is 4.79 Å². The van der Waals surface area contributed by atoms with Gasteiger partial charge in [-0.2, -0.15) is 0 Å². The number of rotatable bonds is 2. The summed E-state index contributed by atoms with van der Waals surface area (Å²) in [6.07, 6.45) is 0.644. The van der Waals surface area contributed by atoms with Crippen molar-refractivity contribution in [3.8, 4) is 5.75 Å². The molecule has 0 spiro atoms. The third kappa shape index (κ3) is 3.32. The van der Waals surface area contributed by atoms with E-state index in [2.05, 4.69) is 27.9 Å². The van der Waals surface area contributed by atoms with Crippen LogP contribution in [-0.2, 0) is 11.2 Å². The van der Waals surface area contributed by atoms with Gasteiger partial charge in [0.05, 0.1) is 11.6 Å². The number of anilines is 1. The highest BCUT2D eigenvalue weighted by atomic mass is 127. The van der Waals surface area contributed by atoms with E-state index in [1.54, 1.807) is 6.07 Å². The maximum atomic E-state index is 12.4. The molecule has 0 radical (unpaired) electrons. The first-order chi connectivity index (χ1) is 10.1. The van der Waals surface area contributed by atoms with Gasteiger partial charge in [0.2, 0.25) is 5.91 Å². The van der Waals surface area contributed by atoms with Gasteiger partial charge in [-0.05, 0) is 64.9 Å². The molecule has 0 saturated carbocycles. The molecule has 1 heterocycles. The van der Waals surface area contributed by atoms with Crippen LogP contribution in [0.4, 0.5) is 5.69 Å². The average molecular weight is 414 g/mol. The summed E-state index contributed by atoms with van der Waals surface area (Å²) in [5, 5.41) is 3.63. The Kier molecular flexibility index (Phi) is 4.35. The Morgan fingerprint density at radius 2 is 2.10 bits per heavy atom. The molecular formula is C16H13ClINO2. The monoisotopic (exact) mass is 413 g/mol. The number of benzene rings is 2. The van der Waals surface area contributed by atoms with Crippen molar-refractivity contribution in [2.45, 2.75) is 6.42 Å². The van der Waals surface area contributed by atoms with Crippen LogP contribution in [0, 0.1) is 9.49 Å². The van der Waals surface area contributed by atoms with Gasteiger partial charge in [0.25, 0.3) is 0 Å². The van der Waals surface area contributed by atoms with E-state index in [0.29, 0.717) is 18.1 Å². The number of halogens is 2. The fourth-order valence-corrected chi connectivity index (χ4v) is 3.05. The lowest BCUT2D eigenvalue weighted by Crippen LogP contribution is -2.32. The molecule has 1 amide bonds. The van der Waals surface area contributed by atoms with Gasteiger partial charge >= 0.3 is 0 Å². The molecule has 3 nitrogen and oxygen atoms in total. The Labute approximate surface area is 141 Å². The fraction of sp³-hybridized carbons (Fsp3) is 0.188. The van der Waals surface area contributed by atoms with Crippen LogP contribution in [0.25, 0.3) is 0 Å². The molecule has 3 rings (SSSR count). The predicted octanol–water partition coefficient (Wildman–Crippen LogP) is 4.13. The summed E-state index contributed by atoms with van der Waals surface area (Å²) in [6.45, 7) is 0.393. The highest BCUT2D eigenvalue weighted by molar-refractivity contribution is 14.1. The number of hydrogen-bond acceptors (Lipinski definition) is 2. The zero-order chi connectivity index (χ0) is 14.8. The first kappa shape index (κ1) is 14.7. The highest BCUT2D eigenvalue weighted by Crippen LogP contribution is 2.30. The predicted molar refractivity (Wildman–Crippen MR) is 91.9 cm³/mol. The molecule has 1 atom stereocenters. The zero-order valence-corrected chi connectivity index (χ0v) is 14.0. The first-order valence-electron chi connectivity index (χ1n) is 6.60. The molecule has 2 aromatic rings. The normalized spacial score (nSPS) is 16.8. The second kappa shape index (κ2) is 6.23. The first-order valence-corrected chi connectivity index (χ1v) is 8.06. The van der Waals surface area contributed by atoms with E-state index >= 15 is 0 Å². The van der Waals surface area contributed by atoms with Gasteiger partial charge < -0.3 is 10.1 Å². The van der Waals surface area contributed by atoms with Crippen LogP contribution >= 0.6 is 34.2 Å². The molecule has 0 fully saturated rings. The number of amides is 1. The van der Waals surface area contributed by atoms with Crippen molar-refractivity contribution in [3.05, 3.63) is 56.6 Å². The molecule has 0 aliphatic carbocycles. The molecule has 0 bridgehead atoms. The van der Waals surface area contributed by atoms with Crippen molar-refractivity contribution < 1.29 is 9.53 Å². The number of ether oxygens (including phenoxy) is 1. The minimum absolute atomic E-state index is 0.0234. The summed E-state index contributed by atoms with van der Waals surface area (Å²) in [5.74, 6) is 0.592. The van der Waals surface area contributed by atoms with E-state index in [0.717, 1.165) is 20.6 Å². The van der Waals surface area contributed by atoms with Gasteiger partial charge in [-0.1, -0.05) is 23.7 Å². The lowest BCUT2D eigenvalue weighted by atomic mass is 9.96. The van der Waals surface area contributed by atoms with Crippen LogP contribution in [0.1, 0.15) is 5.56 Å². The smallest absolute Gasteiger partial charge is 0.231 e. The van der Waals surface area contributed by atoms with Crippen LogP contribution in [0.2, 0.25) is 5.02 Å². The van der Waals surface area contributed by atoms with E-state index in [9.17, 15) is 4.79 Å². The van der Waals surface area contributed by atoms with Crippen molar-refractivity contribution in [1.29, 1.82) is 0 Å². The minimum atomic E-state index is -0.202. The number of hydrogen-bond donors (Lipinski definition) is 1. The molecular weight excluding hydrogens is 401 g/mol. The molecule has 1 aliphatic rings. The molecule has 108 valence electrons. The highest BCUT2D eigenvalue weighted by Gasteiger charge is 2.26. The Morgan fingerprint density at radius 1 is 1.29 bits per heavy atom. The van der Waals surface area contributed by atoms with Crippen LogP contribution < -0.4 is 10.1 Å². The molecule has 0 aromatic heterocycles. The number of fused-ring (bicyclic) bond motifs is 1. The Bertz CT molecular complexity index is 690. The summed E-state index contributed by atoms with van der Waals surface area (Å²) in [7, 11) is 0. The summed E-state index contributed by atoms with van der Waals surface area (Å²) < 4.78 is 6.68. The van der Waals surface area contributed by atoms with Gasteiger partial charge in [0.15, 0.2) is 0 Å². The summed E-state index contributed by atoms with van der Waals surface area (Å²) in [4.78, 5) is 12.4. The molecule has 1 unspecified atom stereocenters. The Balaban J connectivity index is 1.74. The minimum Gasteiger partial charge on any atom is -0.492 e. The van der Waals surface area contributed by atoms with Crippen molar-refractivity contribution >= 4 is 45.8 Å². The third-order valence-corrected chi connectivity index (χ3v) is 4.61. The topological polar surface area (TPSA) is 38.3 Å². The van der Waals surface area contributed by atoms with Gasteiger partial charge in [-0.15, -0.1) is 0 Å². The molecule has 1 N–H and O–H groups in total.